The average molecular weight is 399 g/mol. The molecule has 1 saturated heterocycles. The summed E-state index contributed by atoms with van der Waals surface area (Å²) in [6.07, 6.45) is 3.81. The van der Waals surface area contributed by atoms with Gasteiger partial charge in [0.1, 0.15) is 11.5 Å². The first kappa shape index (κ1) is 18.2. The Hall–Kier alpha value is -3.81. The number of hydrogen-bond donors (Lipinski definition) is 1. The molecule has 3 aromatic heterocycles. The number of carbonyl (C=O) groups is 1. The van der Waals surface area contributed by atoms with Crippen molar-refractivity contribution in [3.8, 4) is 5.69 Å². The van der Waals surface area contributed by atoms with E-state index in [0.29, 0.717) is 24.3 Å². The van der Waals surface area contributed by atoms with E-state index in [4.69, 9.17) is 4.98 Å². The Morgan fingerprint density at radius 2 is 1.93 bits per heavy atom. The van der Waals surface area contributed by atoms with Crippen molar-refractivity contribution >= 4 is 16.9 Å². The van der Waals surface area contributed by atoms with Crippen molar-refractivity contribution in [1.29, 1.82) is 0 Å². The minimum atomic E-state index is -0.224. The molecule has 0 saturated carbocycles. The third-order valence-corrected chi connectivity index (χ3v) is 5.42. The predicted octanol–water partition coefficient (Wildman–Crippen LogP) is 3.30. The van der Waals surface area contributed by atoms with Gasteiger partial charge in [0.25, 0.3) is 5.91 Å². The van der Waals surface area contributed by atoms with Crippen molar-refractivity contribution in [3.63, 3.8) is 0 Å². The molecule has 1 unspecified atom stereocenters. The van der Waals surface area contributed by atoms with E-state index in [1.807, 2.05) is 44.2 Å². The maximum Gasteiger partial charge on any atom is 0.275 e. The summed E-state index contributed by atoms with van der Waals surface area (Å²) in [4.78, 5) is 29.6. The van der Waals surface area contributed by atoms with Crippen molar-refractivity contribution in [1.82, 2.24) is 34.8 Å². The normalized spacial score (nSPS) is 16.5. The Morgan fingerprint density at radius 3 is 2.70 bits per heavy atom. The van der Waals surface area contributed by atoms with Crippen molar-refractivity contribution in [2.75, 3.05) is 6.54 Å². The first-order valence-electron chi connectivity index (χ1n) is 9.78. The highest BCUT2D eigenvalue weighted by molar-refractivity contribution is 5.96. The summed E-state index contributed by atoms with van der Waals surface area (Å²) in [6.45, 7) is 8.49. The van der Waals surface area contributed by atoms with Gasteiger partial charge in [-0.05, 0) is 44.0 Å². The van der Waals surface area contributed by atoms with Crippen LogP contribution in [0, 0.1) is 13.8 Å². The van der Waals surface area contributed by atoms with Crippen LogP contribution < -0.4 is 0 Å². The molecule has 0 spiro atoms. The Bertz CT molecular complexity index is 1270. The summed E-state index contributed by atoms with van der Waals surface area (Å²) in [5, 5.41) is 8.35. The van der Waals surface area contributed by atoms with Gasteiger partial charge in [-0.3, -0.25) is 4.79 Å². The molecule has 4 heterocycles. The van der Waals surface area contributed by atoms with E-state index < -0.39 is 0 Å². The van der Waals surface area contributed by atoms with Gasteiger partial charge in [-0.2, -0.15) is 10.2 Å². The van der Waals surface area contributed by atoms with E-state index in [1.54, 1.807) is 17.3 Å². The number of aromatic nitrogens is 6. The molecule has 8 nitrogen and oxygen atoms in total. The lowest BCUT2D eigenvalue weighted by Gasteiger charge is -2.23. The molecule has 30 heavy (non-hydrogen) atoms. The fraction of sp³-hybridized carbons (Fsp3) is 0.227. The number of amides is 1. The lowest BCUT2D eigenvalue weighted by molar-refractivity contribution is 0.0726. The van der Waals surface area contributed by atoms with Gasteiger partial charge in [0.15, 0.2) is 5.69 Å². The number of pyridine rings is 1. The highest BCUT2D eigenvalue weighted by atomic mass is 16.2. The number of para-hydroxylation sites is 1. The van der Waals surface area contributed by atoms with E-state index in [0.717, 1.165) is 33.7 Å². The van der Waals surface area contributed by atoms with Gasteiger partial charge < -0.3 is 9.88 Å². The topological polar surface area (TPSA) is 92.6 Å². The summed E-state index contributed by atoms with van der Waals surface area (Å²) in [5.74, 6) is 0.574. The fourth-order valence-electron chi connectivity index (χ4n) is 3.95. The summed E-state index contributed by atoms with van der Waals surface area (Å²) in [6, 6.07) is 9.44. The predicted molar refractivity (Wildman–Crippen MR) is 112 cm³/mol. The third kappa shape index (κ3) is 2.97. The quantitative estimate of drug-likeness (QED) is 0.534. The fourth-order valence-corrected chi connectivity index (χ4v) is 3.95. The Labute approximate surface area is 173 Å². The molecule has 1 amide bonds. The Morgan fingerprint density at radius 1 is 1.13 bits per heavy atom. The second kappa shape index (κ2) is 6.91. The zero-order valence-corrected chi connectivity index (χ0v) is 16.8. The Balaban J connectivity index is 1.57. The Kier molecular flexibility index (Phi) is 4.20. The molecule has 5 rings (SSSR count). The van der Waals surface area contributed by atoms with Crippen molar-refractivity contribution < 1.29 is 4.79 Å². The number of nitrogens with zero attached hydrogens (tertiary/aromatic N) is 6. The number of likely N-dealkylation sites (tertiary alicyclic amines) is 1. The number of H-pyrrole nitrogens is 1. The lowest BCUT2D eigenvalue weighted by Crippen LogP contribution is -2.33. The molecule has 0 radical (unpaired) electrons. The van der Waals surface area contributed by atoms with Gasteiger partial charge in [-0.15, -0.1) is 4.80 Å². The smallest absolute Gasteiger partial charge is 0.275 e. The molecular weight excluding hydrogens is 378 g/mol. The average Bonchev–Trinajstić information content (AvgIpc) is 3.47. The minimum Gasteiger partial charge on any atom is -0.340 e. The number of rotatable bonds is 3. The van der Waals surface area contributed by atoms with Crippen LogP contribution in [-0.2, 0) is 0 Å². The molecule has 1 aliphatic heterocycles. The number of hydrogen-bond acceptors (Lipinski definition) is 5. The van der Waals surface area contributed by atoms with Crippen LogP contribution in [0.2, 0.25) is 0 Å². The number of aromatic amines is 1. The number of fused-ring (bicyclic) bond motifs is 1. The first-order valence-corrected chi connectivity index (χ1v) is 9.78. The lowest BCUT2D eigenvalue weighted by atomic mass is 10.1. The van der Waals surface area contributed by atoms with Crippen LogP contribution >= 0.6 is 0 Å². The molecule has 0 bridgehead atoms. The number of nitrogens with one attached hydrogen (secondary N) is 1. The maximum atomic E-state index is 13.6. The van der Waals surface area contributed by atoms with Crippen LogP contribution in [0.3, 0.4) is 0 Å². The van der Waals surface area contributed by atoms with Crippen molar-refractivity contribution in [2.24, 2.45) is 0 Å². The van der Waals surface area contributed by atoms with Gasteiger partial charge >= 0.3 is 0 Å². The molecular formula is C22H21N7O. The van der Waals surface area contributed by atoms with Crippen LogP contribution in [-0.4, -0.2) is 47.3 Å². The molecule has 1 aromatic carbocycles. The summed E-state index contributed by atoms with van der Waals surface area (Å²) >= 11 is 0. The van der Waals surface area contributed by atoms with Gasteiger partial charge in [0, 0.05) is 12.2 Å². The van der Waals surface area contributed by atoms with Gasteiger partial charge in [0.05, 0.1) is 29.5 Å². The van der Waals surface area contributed by atoms with Crippen LogP contribution in [0.5, 0.6) is 0 Å². The number of benzene rings is 1. The van der Waals surface area contributed by atoms with E-state index in [-0.39, 0.29) is 11.9 Å². The molecule has 0 aliphatic carbocycles. The second-order valence-corrected chi connectivity index (χ2v) is 7.63. The van der Waals surface area contributed by atoms with E-state index in [1.165, 1.54) is 4.80 Å². The van der Waals surface area contributed by atoms with Crippen molar-refractivity contribution in [2.45, 2.75) is 26.3 Å². The maximum absolute atomic E-state index is 13.6. The van der Waals surface area contributed by atoms with Gasteiger partial charge in [-0.25, -0.2) is 9.97 Å². The minimum absolute atomic E-state index is 0.188. The highest BCUT2D eigenvalue weighted by Crippen LogP contribution is 2.35. The third-order valence-electron chi connectivity index (χ3n) is 5.42. The van der Waals surface area contributed by atoms with Crippen LogP contribution in [0.1, 0.15) is 40.0 Å². The monoisotopic (exact) mass is 399 g/mol. The number of carbonyl (C=O) groups excluding carboxylic acids is 1. The second-order valence-electron chi connectivity index (χ2n) is 7.63. The summed E-state index contributed by atoms with van der Waals surface area (Å²) in [7, 11) is 0. The standard InChI is InChI=1S/C22H21N7O/c1-13-11-18(21-26-16-6-4-5-14(2)19(16)27-21)28(12-13)22(30)20-17(8-7-15(3)25-20)29-23-9-10-24-29/h4-10,18H,1,11-12H2,2-3H3,(H,26,27). The molecule has 1 atom stereocenters. The van der Waals surface area contributed by atoms with Crippen molar-refractivity contribution in [3.05, 3.63) is 77.7 Å². The zero-order valence-electron chi connectivity index (χ0n) is 16.8. The highest BCUT2D eigenvalue weighted by Gasteiger charge is 2.36. The molecule has 4 aromatic rings. The summed E-state index contributed by atoms with van der Waals surface area (Å²) < 4.78 is 0. The van der Waals surface area contributed by atoms with Crippen LogP contribution in [0.25, 0.3) is 16.7 Å². The molecule has 1 N–H and O–H groups in total. The molecule has 150 valence electrons. The molecule has 1 fully saturated rings. The summed E-state index contributed by atoms with van der Waals surface area (Å²) in [5.41, 5.74) is 5.61. The van der Waals surface area contributed by atoms with E-state index >= 15 is 0 Å². The molecule has 1 aliphatic rings. The first-order chi connectivity index (χ1) is 14.5. The number of imidazole rings is 1. The molecule has 8 heteroatoms. The number of aryl methyl sites for hydroxylation is 2. The SMILES string of the molecule is C=C1CC(c2nc3cccc(C)c3[nH]2)N(C(=O)c2nc(C)ccc2-n2nccn2)C1. The van der Waals surface area contributed by atoms with Gasteiger partial charge in [-0.1, -0.05) is 24.3 Å². The van der Waals surface area contributed by atoms with E-state index in [9.17, 15) is 4.79 Å². The zero-order chi connectivity index (χ0) is 20.8. The van der Waals surface area contributed by atoms with Crippen LogP contribution in [0.4, 0.5) is 0 Å². The largest absolute Gasteiger partial charge is 0.340 e. The van der Waals surface area contributed by atoms with Crippen LogP contribution in [0.15, 0.2) is 54.9 Å². The van der Waals surface area contributed by atoms with Gasteiger partial charge in [0.2, 0.25) is 0 Å². The van der Waals surface area contributed by atoms with E-state index in [2.05, 4.69) is 26.7 Å².